The zero-order valence-electron chi connectivity index (χ0n) is 16.5. The van der Waals surface area contributed by atoms with E-state index >= 15 is 0 Å². The molecule has 1 atom stereocenters. The van der Waals surface area contributed by atoms with Crippen LogP contribution in [0.15, 0.2) is 12.1 Å². The molecule has 4 amide bonds. The molecule has 2 N–H and O–H groups in total. The Balaban J connectivity index is 1.74. The molecule has 2 heterocycles. The number of urea groups is 1. The van der Waals surface area contributed by atoms with Crippen molar-refractivity contribution in [3.8, 4) is 0 Å². The molecule has 7 heteroatoms. The molecule has 144 valence electrons. The van der Waals surface area contributed by atoms with Gasteiger partial charge in [-0.25, -0.2) is 4.79 Å². The van der Waals surface area contributed by atoms with Gasteiger partial charge in [0.05, 0.1) is 11.9 Å². The number of benzene rings is 1. The van der Waals surface area contributed by atoms with Crippen LogP contribution in [0.25, 0.3) is 10.9 Å². The van der Waals surface area contributed by atoms with E-state index in [1.165, 1.54) is 28.6 Å². The van der Waals surface area contributed by atoms with E-state index in [1.807, 2.05) is 6.92 Å². The van der Waals surface area contributed by atoms with Crippen LogP contribution in [0.2, 0.25) is 0 Å². The van der Waals surface area contributed by atoms with E-state index in [4.69, 9.17) is 0 Å². The van der Waals surface area contributed by atoms with Gasteiger partial charge in [0.25, 0.3) is 5.91 Å². The SMILES string of the molecule is CCc1[nH]c2c(CNC(=O)C[C@H]3C(=O)N(C)C(=O)N3C)cc(C)cc2c1C. The lowest BCUT2D eigenvalue weighted by atomic mass is 10.0. The summed E-state index contributed by atoms with van der Waals surface area (Å²) in [6.45, 7) is 6.62. The molecule has 0 saturated carbocycles. The standard InChI is InChI=1S/C20H26N4O3/c1-6-15-12(3)14-8-11(2)7-13(18(14)22-15)10-21-17(25)9-16-19(26)24(5)20(27)23(16)4/h7-8,16,22H,6,9-10H2,1-5H3,(H,21,25)/t16-/m0/s1. The zero-order valence-corrected chi connectivity index (χ0v) is 16.5. The van der Waals surface area contributed by atoms with E-state index < -0.39 is 6.04 Å². The predicted octanol–water partition coefficient (Wildman–Crippen LogP) is 2.25. The third-order valence-electron chi connectivity index (χ3n) is 5.38. The molecular weight excluding hydrogens is 344 g/mol. The molecule has 0 bridgehead atoms. The summed E-state index contributed by atoms with van der Waals surface area (Å²) >= 11 is 0. The van der Waals surface area contributed by atoms with E-state index in [1.54, 1.807) is 7.05 Å². The molecule has 1 aliphatic heterocycles. The summed E-state index contributed by atoms with van der Waals surface area (Å²) < 4.78 is 0. The molecule has 1 aromatic carbocycles. The first-order chi connectivity index (χ1) is 12.7. The molecule has 3 rings (SSSR count). The van der Waals surface area contributed by atoms with Crippen LogP contribution < -0.4 is 5.32 Å². The van der Waals surface area contributed by atoms with Gasteiger partial charge in [-0.15, -0.1) is 0 Å². The monoisotopic (exact) mass is 370 g/mol. The van der Waals surface area contributed by atoms with Crippen molar-refractivity contribution >= 4 is 28.7 Å². The highest BCUT2D eigenvalue weighted by Crippen LogP contribution is 2.27. The first kappa shape index (κ1) is 18.9. The van der Waals surface area contributed by atoms with Crippen LogP contribution in [0.1, 0.15) is 35.7 Å². The fourth-order valence-electron chi connectivity index (χ4n) is 3.72. The summed E-state index contributed by atoms with van der Waals surface area (Å²) in [6.07, 6.45) is 0.882. The summed E-state index contributed by atoms with van der Waals surface area (Å²) in [7, 11) is 2.97. The first-order valence-electron chi connectivity index (χ1n) is 9.16. The molecular formula is C20H26N4O3. The van der Waals surface area contributed by atoms with Crippen molar-refractivity contribution in [2.75, 3.05) is 14.1 Å². The van der Waals surface area contributed by atoms with Gasteiger partial charge in [-0.3, -0.25) is 14.5 Å². The number of carbonyl (C=O) groups is 3. The summed E-state index contributed by atoms with van der Waals surface area (Å²) in [5.74, 6) is -0.597. The minimum atomic E-state index is -0.737. The van der Waals surface area contributed by atoms with Crippen molar-refractivity contribution < 1.29 is 14.4 Å². The number of hydrogen-bond donors (Lipinski definition) is 2. The van der Waals surface area contributed by atoms with Crippen LogP contribution in [-0.2, 0) is 22.6 Å². The van der Waals surface area contributed by atoms with Gasteiger partial charge >= 0.3 is 6.03 Å². The summed E-state index contributed by atoms with van der Waals surface area (Å²) in [4.78, 5) is 42.2. The molecule has 1 aliphatic rings. The first-order valence-corrected chi connectivity index (χ1v) is 9.16. The van der Waals surface area contributed by atoms with E-state index in [-0.39, 0.29) is 24.3 Å². The zero-order chi connectivity index (χ0) is 19.9. The molecule has 1 aromatic heterocycles. The largest absolute Gasteiger partial charge is 0.358 e. The Morgan fingerprint density at radius 1 is 1.22 bits per heavy atom. The van der Waals surface area contributed by atoms with Gasteiger partial charge in [0, 0.05) is 31.7 Å². The van der Waals surface area contributed by atoms with E-state index in [0.29, 0.717) is 6.54 Å². The Hall–Kier alpha value is -2.83. The van der Waals surface area contributed by atoms with Crippen molar-refractivity contribution in [1.82, 2.24) is 20.1 Å². The van der Waals surface area contributed by atoms with Crippen molar-refractivity contribution in [2.45, 2.75) is 46.2 Å². The van der Waals surface area contributed by atoms with Crippen LogP contribution in [0, 0.1) is 13.8 Å². The van der Waals surface area contributed by atoms with Crippen LogP contribution in [0.3, 0.4) is 0 Å². The average molecular weight is 370 g/mol. The second kappa shape index (κ2) is 7.06. The number of hydrogen-bond acceptors (Lipinski definition) is 3. The highest BCUT2D eigenvalue weighted by molar-refractivity contribution is 6.05. The van der Waals surface area contributed by atoms with Gasteiger partial charge < -0.3 is 15.2 Å². The number of aromatic nitrogens is 1. The second-order valence-electron chi connectivity index (χ2n) is 7.22. The average Bonchev–Trinajstić information content (AvgIpc) is 3.05. The van der Waals surface area contributed by atoms with Gasteiger partial charge in [0.1, 0.15) is 6.04 Å². The van der Waals surface area contributed by atoms with Gasteiger partial charge in [0.15, 0.2) is 0 Å². The smallest absolute Gasteiger partial charge is 0.326 e. The number of amides is 4. The lowest BCUT2D eigenvalue weighted by Crippen LogP contribution is -2.37. The van der Waals surface area contributed by atoms with Crippen molar-refractivity contribution in [1.29, 1.82) is 0 Å². The topological polar surface area (TPSA) is 85.5 Å². The van der Waals surface area contributed by atoms with Gasteiger partial charge in [-0.05, 0) is 37.5 Å². The van der Waals surface area contributed by atoms with E-state index in [9.17, 15) is 14.4 Å². The minimum absolute atomic E-state index is 0.0374. The van der Waals surface area contributed by atoms with Crippen molar-refractivity contribution in [3.63, 3.8) is 0 Å². The Labute approximate surface area is 158 Å². The van der Waals surface area contributed by atoms with Crippen LogP contribution in [0.5, 0.6) is 0 Å². The number of nitrogens with zero attached hydrogens (tertiary/aromatic N) is 2. The maximum Gasteiger partial charge on any atom is 0.326 e. The van der Waals surface area contributed by atoms with Gasteiger partial charge in [-0.2, -0.15) is 0 Å². The highest BCUT2D eigenvalue weighted by atomic mass is 16.2. The third-order valence-corrected chi connectivity index (χ3v) is 5.38. The van der Waals surface area contributed by atoms with Gasteiger partial charge in [0.2, 0.25) is 5.91 Å². The summed E-state index contributed by atoms with van der Waals surface area (Å²) in [5, 5.41) is 4.07. The molecule has 27 heavy (non-hydrogen) atoms. The van der Waals surface area contributed by atoms with E-state index in [0.717, 1.165) is 28.0 Å². The Bertz CT molecular complexity index is 931. The minimum Gasteiger partial charge on any atom is -0.358 e. The van der Waals surface area contributed by atoms with Crippen LogP contribution >= 0.6 is 0 Å². The fraction of sp³-hybridized carbons (Fsp3) is 0.450. The molecule has 0 unspecified atom stereocenters. The molecule has 7 nitrogen and oxygen atoms in total. The Kier molecular flexibility index (Phi) is 4.95. The molecule has 1 saturated heterocycles. The number of H-pyrrole nitrogens is 1. The maximum absolute atomic E-state index is 12.4. The number of nitrogens with one attached hydrogen (secondary N) is 2. The van der Waals surface area contributed by atoms with E-state index in [2.05, 4.69) is 36.3 Å². The normalized spacial score (nSPS) is 17.3. The summed E-state index contributed by atoms with van der Waals surface area (Å²) in [5.41, 5.74) is 5.63. The Morgan fingerprint density at radius 3 is 2.52 bits per heavy atom. The lowest BCUT2D eigenvalue weighted by Gasteiger charge is -2.16. The summed E-state index contributed by atoms with van der Waals surface area (Å²) in [6, 6.07) is 3.09. The number of imide groups is 1. The predicted molar refractivity (Wildman–Crippen MR) is 103 cm³/mol. The van der Waals surface area contributed by atoms with Crippen LogP contribution in [-0.4, -0.2) is 52.8 Å². The van der Waals surface area contributed by atoms with Gasteiger partial charge in [-0.1, -0.05) is 18.6 Å². The molecule has 1 fully saturated rings. The number of aryl methyl sites for hydroxylation is 3. The fourth-order valence-corrected chi connectivity index (χ4v) is 3.72. The number of fused-ring (bicyclic) bond motifs is 1. The molecule has 0 spiro atoms. The lowest BCUT2D eigenvalue weighted by molar-refractivity contribution is -0.131. The molecule has 0 radical (unpaired) electrons. The quantitative estimate of drug-likeness (QED) is 0.792. The second-order valence-corrected chi connectivity index (χ2v) is 7.22. The Morgan fingerprint density at radius 2 is 1.93 bits per heavy atom. The number of likely N-dealkylation sites (N-methyl/N-ethyl adjacent to an activating group) is 2. The maximum atomic E-state index is 12.4. The molecule has 2 aromatic rings. The number of carbonyl (C=O) groups excluding carboxylic acids is 3. The number of rotatable bonds is 5. The number of aromatic amines is 1. The van der Waals surface area contributed by atoms with Crippen LogP contribution in [0.4, 0.5) is 4.79 Å². The molecule has 0 aliphatic carbocycles. The third kappa shape index (κ3) is 3.29. The van der Waals surface area contributed by atoms with Crippen molar-refractivity contribution in [2.24, 2.45) is 0 Å². The highest BCUT2D eigenvalue weighted by Gasteiger charge is 2.41. The van der Waals surface area contributed by atoms with Crippen molar-refractivity contribution in [3.05, 3.63) is 34.5 Å².